The summed E-state index contributed by atoms with van der Waals surface area (Å²) < 4.78 is 5.40. The predicted molar refractivity (Wildman–Crippen MR) is 83.3 cm³/mol. The molecule has 0 aromatic rings. The molecule has 1 N–H and O–H groups in total. The number of nitrogens with zero attached hydrogens (tertiary/aromatic N) is 1. The summed E-state index contributed by atoms with van der Waals surface area (Å²) >= 11 is 0. The number of morpholine rings is 1. The predicted octanol–water partition coefficient (Wildman–Crippen LogP) is 2.21. The van der Waals surface area contributed by atoms with Crippen LogP contribution in [0.2, 0.25) is 0 Å². The average Bonchev–Trinajstić information content (AvgIpc) is 2.47. The number of hydrogen-bond acceptors (Lipinski definition) is 3. The first kappa shape index (κ1) is 17.7. The smallest absolute Gasteiger partial charge is 0.224 e. The first-order chi connectivity index (χ1) is 9.20. The number of halogens is 1. The molecule has 1 heterocycles. The molecule has 5 heteroatoms. The maximum Gasteiger partial charge on any atom is 0.224 e. The second-order valence-electron chi connectivity index (χ2n) is 6.02. The molecule has 0 aromatic carbocycles. The lowest BCUT2D eigenvalue weighted by molar-refractivity contribution is -0.134. The minimum Gasteiger partial charge on any atom is -0.378 e. The van der Waals surface area contributed by atoms with E-state index in [1.165, 1.54) is 32.1 Å². The first-order valence-corrected chi connectivity index (χ1v) is 7.77. The van der Waals surface area contributed by atoms with Crippen molar-refractivity contribution in [1.82, 2.24) is 10.2 Å². The molecule has 2 aliphatic rings. The Morgan fingerprint density at radius 2 is 2.00 bits per heavy atom. The van der Waals surface area contributed by atoms with E-state index in [2.05, 4.69) is 12.2 Å². The molecule has 0 aromatic heterocycles. The van der Waals surface area contributed by atoms with Gasteiger partial charge in [0.15, 0.2) is 0 Å². The Kier molecular flexibility index (Phi) is 7.85. The number of carbonyl (C=O) groups is 1. The van der Waals surface area contributed by atoms with Crippen molar-refractivity contribution >= 4 is 18.3 Å². The molecular weight excluding hydrogens is 276 g/mol. The lowest BCUT2D eigenvalue weighted by Gasteiger charge is -2.35. The van der Waals surface area contributed by atoms with Crippen molar-refractivity contribution < 1.29 is 9.53 Å². The van der Waals surface area contributed by atoms with E-state index >= 15 is 0 Å². The van der Waals surface area contributed by atoms with Gasteiger partial charge in [-0.05, 0) is 31.6 Å². The van der Waals surface area contributed by atoms with Crippen LogP contribution in [0.4, 0.5) is 0 Å². The SMILES string of the molecule is CCC1CCC(N(C)C(=O)CC2COCCN2)CC1.Cl. The molecule has 20 heavy (non-hydrogen) atoms. The summed E-state index contributed by atoms with van der Waals surface area (Å²) in [6.07, 6.45) is 6.77. The third-order valence-corrected chi connectivity index (χ3v) is 4.75. The molecule has 1 aliphatic heterocycles. The number of ether oxygens (including phenoxy) is 1. The van der Waals surface area contributed by atoms with Crippen LogP contribution in [0.15, 0.2) is 0 Å². The van der Waals surface area contributed by atoms with E-state index in [0.29, 0.717) is 19.1 Å². The third-order valence-electron chi connectivity index (χ3n) is 4.75. The van der Waals surface area contributed by atoms with Gasteiger partial charge in [0.05, 0.1) is 13.2 Å². The van der Waals surface area contributed by atoms with E-state index in [-0.39, 0.29) is 24.4 Å². The van der Waals surface area contributed by atoms with Crippen LogP contribution in [-0.2, 0) is 9.53 Å². The van der Waals surface area contributed by atoms with Crippen molar-refractivity contribution in [2.24, 2.45) is 5.92 Å². The molecule has 1 aliphatic carbocycles. The van der Waals surface area contributed by atoms with E-state index < -0.39 is 0 Å². The van der Waals surface area contributed by atoms with Crippen molar-refractivity contribution in [3.8, 4) is 0 Å². The summed E-state index contributed by atoms with van der Waals surface area (Å²) in [4.78, 5) is 14.3. The molecule has 118 valence electrons. The van der Waals surface area contributed by atoms with Crippen LogP contribution in [0.3, 0.4) is 0 Å². The highest BCUT2D eigenvalue weighted by Gasteiger charge is 2.27. The van der Waals surface area contributed by atoms with Crippen LogP contribution in [0.25, 0.3) is 0 Å². The van der Waals surface area contributed by atoms with Gasteiger partial charge in [-0.25, -0.2) is 0 Å². The van der Waals surface area contributed by atoms with Gasteiger partial charge in [0.25, 0.3) is 0 Å². The van der Waals surface area contributed by atoms with E-state index in [9.17, 15) is 4.79 Å². The summed E-state index contributed by atoms with van der Waals surface area (Å²) in [5.74, 6) is 1.15. The van der Waals surface area contributed by atoms with Gasteiger partial charge in [-0.2, -0.15) is 0 Å². The molecular formula is C15H29ClN2O2. The molecule has 1 amide bonds. The van der Waals surface area contributed by atoms with Gasteiger partial charge in [0.1, 0.15) is 0 Å². The quantitative estimate of drug-likeness (QED) is 0.866. The topological polar surface area (TPSA) is 41.6 Å². The van der Waals surface area contributed by atoms with Crippen LogP contribution >= 0.6 is 12.4 Å². The Labute approximate surface area is 129 Å². The van der Waals surface area contributed by atoms with Crippen LogP contribution < -0.4 is 5.32 Å². The highest BCUT2D eigenvalue weighted by Crippen LogP contribution is 2.29. The van der Waals surface area contributed by atoms with Gasteiger partial charge in [-0.1, -0.05) is 13.3 Å². The second kappa shape index (κ2) is 8.85. The summed E-state index contributed by atoms with van der Waals surface area (Å²) in [7, 11) is 1.98. The molecule has 1 saturated heterocycles. The van der Waals surface area contributed by atoms with Crippen molar-refractivity contribution in [1.29, 1.82) is 0 Å². The lowest BCUT2D eigenvalue weighted by atomic mass is 9.84. The second-order valence-corrected chi connectivity index (χ2v) is 6.02. The Bertz CT molecular complexity index is 288. The Balaban J connectivity index is 0.00000200. The molecule has 1 unspecified atom stereocenters. The standard InChI is InChI=1S/C15H28N2O2.ClH/c1-3-12-4-6-14(7-5-12)17(2)15(18)10-13-11-19-9-8-16-13;/h12-14,16H,3-11H2,1-2H3;1H. The molecule has 1 atom stereocenters. The van der Waals surface area contributed by atoms with Gasteiger partial charge in [0, 0.05) is 32.1 Å². The van der Waals surface area contributed by atoms with E-state index in [4.69, 9.17) is 4.74 Å². The zero-order valence-corrected chi connectivity index (χ0v) is 13.6. The van der Waals surface area contributed by atoms with E-state index in [0.717, 1.165) is 19.1 Å². The summed E-state index contributed by atoms with van der Waals surface area (Å²) in [6, 6.07) is 0.662. The van der Waals surface area contributed by atoms with Gasteiger partial charge in [0.2, 0.25) is 5.91 Å². The fourth-order valence-electron chi connectivity index (χ4n) is 3.25. The number of rotatable bonds is 4. The largest absolute Gasteiger partial charge is 0.378 e. The van der Waals surface area contributed by atoms with Crippen molar-refractivity contribution in [2.45, 2.75) is 57.5 Å². The van der Waals surface area contributed by atoms with E-state index in [1.807, 2.05) is 11.9 Å². The Morgan fingerprint density at radius 1 is 1.30 bits per heavy atom. The van der Waals surface area contributed by atoms with E-state index in [1.54, 1.807) is 0 Å². The molecule has 4 nitrogen and oxygen atoms in total. The van der Waals surface area contributed by atoms with Crippen molar-refractivity contribution in [3.05, 3.63) is 0 Å². The Morgan fingerprint density at radius 3 is 2.55 bits per heavy atom. The highest BCUT2D eigenvalue weighted by molar-refractivity contribution is 5.85. The first-order valence-electron chi connectivity index (χ1n) is 7.77. The number of carbonyl (C=O) groups excluding carboxylic acids is 1. The third kappa shape index (κ3) is 4.90. The van der Waals surface area contributed by atoms with Crippen LogP contribution in [-0.4, -0.2) is 49.7 Å². The molecule has 2 rings (SSSR count). The molecule has 2 fully saturated rings. The fourth-order valence-corrected chi connectivity index (χ4v) is 3.25. The molecule has 1 saturated carbocycles. The van der Waals surface area contributed by atoms with Crippen LogP contribution in [0.1, 0.15) is 45.4 Å². The van der Waals surface area contributed by atoms with Crippen LogP contribution in [0, 0.1) is 5.92 Å². The molecule has 0 bridgehead atoms. The Hall–Kier alpha value is -0.320. The molecule has 0 spiro atoms. The lowest BCUT2D eigenvalue weighted by Crippen LogP contribution is -2.46. The maximum absolute atomic E-state index is 12.3. The van der Waals surface area contributed by atoms with Gasteiger partial charge in [-0.3, -0.25) is 4.79 Å². The minimum absolute atomic E-state index is 0. The number of amides is 1. The highest BCUT2D eigenvalue weighted by atomic mass is 35.5. The van der Waals surface area contributed by atoms with Gasteiger partial charge >= 0.3 is 0 Å². The minimum atomic E-state index is 0. The normalized spacial score (nSPS) is 30.4. The summed E-state index contributed by atoms with van der Waals surface area (Å²) in [5.41, 5.74) is 0. The fraction of sp³-hybridized carbons (Fsp3) is 0.933. The zero-order valence-electron chi connectivity index (χ0n) is 12.8. The summed E-state index contributed by atoms with van der Waals surface area (Å²) in [6.45, 7) is 4.57. The maximum atomic E-state index is 12.3. The van der Waals surface area contributed by atoms with Crippen LogP contribution in [0.5, 0.6) is 0 Å². The van der Waals surface area contributed by atoms with Crippen molar-refractivity contribution in [3.63, 3.8) is 0 Å². The van der Waals surface area contributed by atoms with Crippen molar-refractivity contribution in [2.75, 3.05) is 26.8 Å². The zero-order chi connectivity index (χ0) is 13.7. The average molecular weight is 305 g/mol. The molecule has 0 radical (unpaired) electrons. The number of hydrogen-bond donors (Lipinski definition) is 1. The monoisotopic (exact) mass is 304 g/mol. The van der Waals surface area contributed by atoms with Gasteiger partial charge < -0.3 is 15.0 Å². The van der Waals surface area contributed by atoms with Gasteiger partial charge in [-0.15, -0.1) is 12.4 Å². The number of nitrogens with one attached hydrogen (secondary N) is 1. The summed E-state index contributed by atoms with van der Waals surface area (Å²) in [5, 5.41) is 3.35.